The number of hydrogen-bond donors (Lipinski definition) is 0. The molecule has 71 valence electrons. The maximum Gasteiger partial charge on any atom is 0.0822 e. The predicted molar refractivity (Wildman–Crippen MR) is 52.7 cm³/mol. The lowest BCUT2D eigenvalue weighted by atomic mass is 10.1. The lowest BCUT2D eigenvalue weighted by Crippen LogP contribution is -1.82. The Kier molecular flexibility index (Phi) is 10.4. The van der Waals surface area contributed by atoms with Crippen LogP contribution in [0.4, 0.5) is 0 Å². The molecule has 0 fully saturated rings. The van der Waals surface area contributed by atoms with Crippen LogP contribution in [-0.2, 0) is 5.11 Å². The molecule has 1 nitrogen and oxygen atoms in total. The molecule has 0 aromatic carbocycles. The van der Waals surface area contributed by atoms with Gasteiger partial charge in [-0.25, -0.2) is 5.11 Å². The minimum atomic E-state index is 0.110. The van der Waals surface area contributed by atoms with Crippen molar-refractivity contribution < 1.29 is 5.11 Å². The Balaban J connectivity index is 2.81. The van der Waals surface area contributed by atoms with Gasteiger partial charge < -0.3 is 0 Å². The van der Waals surface area contributed by atoms with Crippen LogP contribution in [0.3, 0.4) is 0 Å². The summed E-state index contributed by atoms with van der Waals surface area (Å²) >= 11 is 0. The van der Waals surface area contributed by atoms with Gasteiger partial charge in [-0.2, -0.15) is 0 Å². The average Bonchev–Trinajstić information content (AvgIpc) is 2.10. The van der Waals surface area contributed by atoms with Gasteiger partial charge in [0.1, 0.15) is 0 Å². The van der Waals surface area contributed by atoms with Gasteiger partial charge in [-0.3, -0.25) is 0 Å². The molecule has 0 bridgehead atoms. The fourth-order valence-electron chi connectivity index (χ4n) is 1.24. The van der Waals surface area contributed by atoms with E-state index in [1.54, 1.807) is 0 Å². The summed E-state index contributed by atoms with van der Waals surface area (Å²) in [4.78, 5) is 0. The summed E-state index contributed by atoms with van der Waals surface area (Å²) in [5.74, 6) is 0. The minimum absolute atomic E-state index is 0.110. The van der Waals surface area contributed by atoms with Crippen molar-refractivity contribution in [3.05, 3.63) is 12.2 Å². The molecule has 0 amide bonds. The minimum Gasteiger partial charge on any atom is -0.237 e. The molecule has 1 heteroatoms. The molecule has 0 saturated heterocycles. The Bertz CT molecular complexity index is 97.2. The van der Waals surface area contributed by atoms with Gasteiger partial charge >= 0.3 is 0 Å². The molecule has 1 radical (unpaired) electrons. The standard InChI is InChI=1S/C11H21O/c1-2-3-4-5-6-7-8-9-10-11-12/h2-3H,4-11H2,1H3. The quantitative estimate of drug-likeness (QED) is 0.390. The van der Waals surface area contributed by atoms with E-state index in [4.69, 9.17) is 0 Å². The topological polar surface area (TPSA) is 19.9 Å². The summed E-state index contributed by atoms with van der Waals surface area (Å²) in [7, 11) is 0. The van der Waals surface area contributed by atoms with Crippen molar-refractivity contribution >= 4 is 0 Å². The number of hydrogen-bond acceptors (Lipinski definition) is 0. The highest BCUT2D eigenvalue weighted by Crippen LogP contribution is 2.06. The Morgan fingerprint density at radius 3 is 2.08 bits per heavy atom. The smallest absolute Gasteiger partial charge is 0.0822 e. The molecule has 0 aliphatic carbocycles. The molecule has 0 aliphatic heterocycles. The summed E-state index contributed by atoms with van der Waals surface area (Å²) in [6, 6.07) is 0. The van der Waals surface area contributed by atoms with Gasteiger partial charge in [0.15, 0.2) is 0 Å². The van der Waals surface area contributed by atoms with Crippen LogP contribution in [-0.4, -0.2) is 6.61 Å². The summed E-state index contributed by atoms with van der Waals surface area (Å²) < 4.78 is 0. The van der Waals surface area contributed by atoms with Crippen LogP contribution in [0.25, 0.3) is 0 Å². The molecule has 0 aromatic rings. The van der Waals surface area contributed by atoms with E-state index in [2.05, 4.69) is 19.1 Å². The third kappa shape index (κ3) is 9.70. The van der Waals surface area contributed by atoms with Crippen molar-refractivity contribution in [3.63, 3.8) is 0 Å². The van der Waals surface area contributed by atoms with Crippen LogP contribution in [0.15, 0.2) is 12.2 Å². The third-order valence-electron chi connectivity index (χ3n) is 2.00. The molecular weight excluding hydrogens is 148 g/mol. The van der Waals surface area contributed by atoms with E-state index < -0.39 is 0 Å². The van der Waals surface area contributed by atoms with E-state index in [9.17, 15) is 5.11 Å². The second-order valence-electron chi connectivity index (χ2n) is 3.18. The normalized spacial score (nSPS) is 11.2. The molecule has 0 atom stereocenters. The van der Waals surface area contributed by atoms with Gasteiger partial charge in [0.25, 0.3) is 0 Å². The van der Waals surface area contributed by atoms with Crippen LogP contribution >= 0.6 is 0 Å². The van der Waals surface area contributed by atoms with Crippen molar-refractivity contribution in [2.45, 2.75) is 51.9 Å². The van der Waals surface area contributed by atoms with Gasteiger partial charge in [-0.15, -0.1) is 0 Å². The molecule has 12 heavy (non-hydrogen) atoms. The SMILES string of the molecule is CC=CCCCCCCCC[O]. The Morgan fingerprint density at radius 2 is 1.50 bits per heavy atom. The lowest BCUT2D eigenvalue weighted by Gasteiger charge is -1.97. The first kappa shape index (κ1) is 11.7. The maximum atomic E-state index is 10.1. The second-order valence-corrected chi connectivity index (χ2v) is 3.18. The number of allylic oxidation sites excluding steroid dienone is 2. The molecule has 0 spiro atoms. The van der Waals surface area contributed by atoms with Crippen LogP contribution < -0.4 is 0 Å². The lowest BCUT2D eigenvalue weighted by molar-refractivity contribution is 0.186. The van der Waals surface area contributed by atoms with Crippen molar-refractivity contribution in [1.29, 1.82) is 0 Å². The summed E-state index contributed by atoms with van der Waals surface area (Å²) in [6.07, 6.45) is 12.7. The first-order chi connectivity index (χ1) is 5.91. The Morgan fingerprint density at radius 1 is 0.917 bits per heavy atom. The van der Waals surface area contributed by atoms with Crippen molar-refractivity contribution in [3.8, 4) is 0 Å². The molecule has 0 saturated carbocycles. The molecule has 0 rings (SSSR count). The van der Waals surface area contributed by atoms with Gasteiger partial charge in [0, 0.05) is 0 Å². The Hall–Kier alpha value is -0.300. The van der Waals surface area contributed by atoms with Crippen LogP contribution in [0.5, 0.6) is 0 Å². The van der Waals surface area contributed by atoms with E-state index >= 15 is 0 Å². The van der Waals surface area contributed by atoms with Gasteiger partial charge in [-0.05, 0) is 26.2 Å². The molecular formula is C11H21O. The predicted octanol–water partition coefficient (Wildman–Crippen LogP) is 3.72. The molecule has 0 heterocycles. The average molecular weight is 169 g/mol. The third-order valence-corrected chi connectivity index (χ3v) is 2.00. The zero-order valence-electron chi connectivity index (χ0n) is 8.22. The zero-order valence-corrected chi connectivity index (χ0v) is 8.22. The summed E-state index contributed by atoms with van der Waals surface area (Å²) in [6.45, 7) is 2.17. The maximum absolute atomic E-state index is 10.1. The largest absolute Gasteiger partial charge is 0.237 e. The molecule has 0 aliphatic rings. The molecule has 0 N–H and O–H groups in total. The Labute approximate surface area is 76.5 Å². The van der Waals surface area contributed by atoms with Crippen molar-refractivity contribution in [2.75, 3.05) is 6.61 Å². The van der Waals surface area contributed by atoms with Crippen molar-refractivity contribution in [2.24, 2.45) is 0 Å². The van der Waals surface area contributed by atoms with E-state index in [0.717, 1.165) is 12.8 Å². The zero-order chi connectivity index (χ0) is 9.07. The van der Waals surface area contributed by atoms with Gasteiger partial charge in [-0.1, -0.05) is 37.8 Å². The highest BCUT2D eigenvalue weighted by atomic mass is 16.2. The fourth-order valence-corrected chi connectivity index (χ4v) is 1.24. The first-order valence-electron chi connectivity index (χ1n) is 5.11. The number of rotatable bonds is 8. The fraction of sp³-hybridized carbons (Fsp3) is 0.818. The summed E-state index contributed by atoms with van der Waals surface area (Å²) in [5.41, 5.74) is 0. The first-order valence-corrected chi connectivity index (χ1v) is 5.11. The monoisotopic (exact) mass is 169 g/mol. The summed E-state index contributed by atoms with van der Waals surface area (Å²) in [5, 5.41) is 10.1. The van der Waals surface area contributed by atoms with Crippen LogP contribution in [0.1, 0.15) is 51.9 Å². The van der Waals surface area contributed by atoms with Crippen LogP contribution in [0.2, 0.25) is 0 Å². The van der Waals surface area contributed by atoms with Gasteiger partial charge in [0.05, 0.1) is 6.61 Å². The van der Waals surface area contributed by atoms with E-state index in [1.165, 1.54) is 32.1 Å². The van der Waals surface area contributed by atoms with Crippen molar-refractivity contribution in [1.82, 2.24) is 0 Å². The molecule has 0 aromatic heterocycles. The highest BCUT2D eigenvalue weighted by Gasteiger charge is 1.89. The van der Waals surface area contributed by atoms with Crippen LogP contribution in [0, 0.1) is 0 Å². The number of unbranched alkanes of at least 4 members (excludes halogenated alkanes) is 6. The van der Waals surface area contributed by atoms with E-state index in [0.29, 0.717) is 0 Å². The second kappa shape index (κ2) is 10.7. The van der Waals surface area contributed by atoms with E-state index in [1.807, 2.05) is 0 Å². The van der Waals surface area contributed by atoms with Gasteiger partial charge in [0.2, 0.25) is 0 Å². The highest BCUT2D eigenvalue weighted by molar-refractivity contribution is 4.76. The molecule has 0 unspecified atom stereocenters. The van der Waals surface area contributed by atoms with E-state index in [-0.39, 0.29) is 6.61 Å².